The summed E-state index contributed by atoms with van der Waals surface area (Å²) < 4.78 is 15.3. The molecule has 146 valence electrons. The van der Waals surface area contributed by atoms with Gasteiger partial charge >= 0.3 is 5.97 Å². The van der Waals surface area contributed by atoms with E-state index in [-0.39, 0.29) is 18.4 Å². The number of benzene rings is 2. The number of hydrogen-bond donors (Lipinski definition) is 2. The minimum atomic E-state index is -0.415. The lowest BCUT2D eigenvalue weighted by molar-refractivity contribution is 0.0600. The summed E-state index contributed by atoms with van der Waals surface area (Å²) >= 11 is 0. The number of anilines is 3. The smallest absolute Gasteiger partial charge is 0.337 e. The number of amides is 1. The molecule has 1 aromatic heterocycles. The maximum absolute atomic E-state index is 12.4. The van der Waals surface area contributed by atoms with Crippen LogP contribution in [-0.4, -0.2) is 30.8 Å². The van der Waals surface area contributed by atoms with Crippen molar-refractivity contribution in [1.82, 2.24) is 4.98 Å². The molecule has 0 aliphatic carbocycles. The Morgan fingerprint density at radius 1 is 0.966 bits per heavy atom. The van der Waals surface area contributed by atoms with E-state index in [0.29, 0.717) is 34.1 Å². The largest absolute Gasteiger partial charge is 0.465 e. The first-order valence-electron chi connectivity index (χ1n) is 8.75. The maximum Gasteiger partial charge on any atom is 0.337 e. The molecule has 0 saturated heterocycles. The molecule has 0 bridgehead atoms. The van der Waals surface area contributed by atoms with Crippen molar-refractivity contribution in [3.63, 3.8) is 0 Å². The first kappa shape index (κ1) is 18.3. The number of ether oxygens (including phenoxy) is 3. The van der Waals surface area contributed by atoms with Gasteiger partial charge in [0.15, 0.2) is 11.5 Å². The van der Waals surface area contributed by atoms with Crippen LogP contribution >= 0.6 is 0 Å². The Balaban J connectivity index is 1.42. The van der Waals surface area contributed by atoms with Gasteiger partial charge in [0.1, 0.15) is 5.69 Å². The van der Waals surface area contributed by atoms with Gasteiger partial charge in [-0.15, -0.1) is 0 Å². The molecule has 3 aromatic rings. The Labute approximate surface area is 166 Å². The molecule has 8 heteroatoms. The van der Waals surface area contributed by atoms with E-state index in [1.807, 2.05) is 6.07 Å². The highest BCUT2D eigenvalue weighted by Gasteiger charge is 2.15. The maximum atomic E-state index is 12.4. The summed E-state index contributed by atoms with van der Waals surface area (Å²) in [5, 5.41) is 5.91. The third kappa shape index (κ3) is 4.11. The monoisotopic (exact) mass is 391 g/mol. The summed E-state index contributed by atoms with van der Waals surface area (Å²) in [5.41, 5.74) is 2.66. The third-order valence-corrected chi connectivity index (χ3v) is 4.20. The van der Waals surface area contributed by atoms with Gasteiger partial charge < -0.3 is 24.8 Å². The van der Waals surface area contributed by atoms with Crippen molar-refractivity contribution in [2.75, 3.05) is 24.5 Å². The molecule has 0 saturated carbocycles. The van der Waals surface area contributed by atoms with Crippen LogP contribution < -0.4 is 20.1 Å². The molecule has 1 amide bonds. The number of fused-ring (bicyclic) bond motifs is 1. The van der Waals surface area contributed by atoms with Crippen LogP contribution in [0.5, 0.6) is 11.5 Å². The molecule has 2 heterocycles. The van der Waals surface area contributed by atoms with Crippen LogP contribution in [0.2, 0.25) is 0 Å². The lowest BCUT2D eigenvalue weighted by Crippen LogP contribution is -2.13. The van der Waals surface area contributed by atoms with Crippen molar-refractivity contribution in [1.29, 1.82) is 0 Å². The third-order valence-electron chi connectivity index (χ3n) is 4.20. The number of pyridine rings is 1. The second-order valence-corrected chi connectivity index (χ2v) is 6.15. The summed E-state index contributed by atoms with van der Waals surface area (Å²) in [6.07, 6.45) is 1.54. The summed E-state index contributed by atoms with van der Waals surface area (Å²) in [5.74, 6) is 0.475. The van der Waals surface area contributed by atoms with Gasteiger partial charge in [0.25, 0.3) is 5.91 Å². The highest BCUT2D eigenvalue weighted by Crippen LogP contribution is 2.34. The average molecular weight is 391 g/mol. The van der Waals surface area contributed by atoms with Gasteiger partial charge in [0.2, 0.25) is 6.79 Å². The average Bonchev–Trinajstić information content (AvgIpc) is 3.22. The minimum Gasteiger partial charge on any atom is -0.465 e. The van der Waals surface area contributed by atoms with Gasteiger partial charge in [0, 0.05) is 17.4 Å². The van der Waals surface area contributed by atoms with E-state index in [1.165, 1.54) is 7.11 Å². The molecule has 0 radical (unpaired) electrons. The van der Waals surface area contributed by atoms with Gasteiger partial charge in [-0.2, -0.15) is 0 Å². The number of carbonyl (C=O) groups excluding carboxylic acids is 2. The van der Waals surface area contributed by atoms with Gasteiger partial charge in [-0.3, -0.25) is 4.79 Å². The SMILES string of the molecule is COC(=O)c1cccc(Nc2ccc(C(=O)Nc3ccc4c(c3)OCO4)nc2)c1. The normalized spacial score (nSPS) is 11.6. The van der Waals surface area contributed by atoms with Gasteiger partial charge in [-0.25, -0.2) is 9.78 Å². The quantitative estimate of drug-likeness (QED) is 0.641. The van der Waals surface area contributed by atoms with E-state index in [9.17, 15) is 9.59 Å². The van der Waals surface area contributed by atoms with E-state index in [1.54, 1.807) is 54.7 Å². The first-order chi connectivity index (χ1) is 14.1. The molecule has 0 unspecified atom stereocenters. The Hall–Kier alpha value is -4.07. The van der Waals surface area contributed by atoms with Crippen LogP contribution in [0.1, 0.15) is 20.8 Å². The van der Waals surface area contributed by atoms with E-state index >= 15 is 0 Å². The molecule has 0 fully saturated rings. The fraction of sp³-hybridized carbons (Fsp3) is 0.0952. The predicted octanol–water partition coefficient (Wildman–Crippen LogP) is 3.59. The Morgan fingerprint density at radius 2 is 1.79 bits per heavy atom. The Morgan fingerprint density at radius 3 is 2.59 bits per heavy atom. The number of carbonyl (C=O) groups is 2. The highest BCUT2D eigenvalue weighted by molar-refractivity contribution is 6.03. The van der Waals surface area contributed by atoms with Crippen molar-refractivity contribution in [3.05, 3.63) is 72.1 Å². The van der Waals surface area contributed by atoms with Crippen LogP contribution in [0, 0.1) is 0 Å². The number of esters is 1. The molecule has 2 N–H and O–H groups in total. The van der Waals surface area contributed by atoms with Crippen molar-refractivity contribution >= 4 is 28.9 Å². The van der Waals surface area contributed by atoms with Gasteiger partial charge in [-0.05, 0) is 42.5 Å². The number of methoxy groups -OCH3 is 1. The molecular formula is C21H17N3O5. The van der Waals surface area contributed by atoms with Crippen molar-refractivity contribution in [2.45, 2.75) is 0 Å². The summed E-state index contributed by atoms with van der Waals surface area (Å²) in [4.78, 5) is 28.2. The number of aromatic nitrogens is 1. The standard InChI is InChI=1S/C21H17N3O5/c1-27-21(26)13-3-2-4-14(9-13)23-16-5-7-17(22-11-16)20(25)24-15-6-8-18-19(10-15)29-12-28-18/h2-11,23H,12H2,1H3,(H,24,25). The second kappa shape index (κ2) is 7.89. The van der Waals surface area contributed by atoms with Crippen molar-refractivity contribution < 1.29 is 23.8 Å². The Bertz CT molecular complexity index is 1070. The van der Waals surface area contributed by atoms with E-state index < -0.39 is 5.97 Å². The Kier molecular flexibility index (Phi) is 4.98. The molecule has 0 spiro atoms. The number of hydrogen-bond acceptors (Lipinski definition) is 7. The van der Waals surface area contributed by atoms with Crippen LogP contribution in [0.3, 0.4) is 0 Å². The van der Waals surface area contributed by atoms with Crippen molar-refractivity contribution in [3.8, 4) is 11.5 Å². The predicted molar refractivity (Wildman–Crippen MR) is 106 cm³/mol. The zero-order valence-electron chi connectivity index (χ0n) is 15.5. The zero-order valence-corrected chi connectivity index (χ0v) is 15.5. The molecule has 1 aliphatic heterocycles. The van der Waals surface area contributed by atoms with Crippen molar-refractivity contribution in [2.24, 2.45) is 0 Å². The van der Waals surface area contributed by atoms with Crippen LogP contribution in [-0.2, 0) is 4.74 Å². The number of nitrogens with zero attached hydrogens (tertiary/aromatic N) is 1. The zero-order chi connectivity index (χ0) is 20.2. The van der Waals surface area contributed by atoms with Gasteiger partial charge in [0.05, 0.1) is 24.6 Å². The topological polar surface area (TPSA) is 98.8 Å². The fourth-order valence-electron chi connectivity index (χ4n) is 2.78. The summed E-state index contributed by atoms with van der Waals surface area (Å²) in [6, 6.07) is 15.4. The van der Waals surface area contributed by atoms with E-state index in [4.69, 9.17) is 14.2 Å². The second-order valence-electron chi connectivity index (χ2n) is 6.15. The summed E-state index contributed by atoms with van der Waals surface area (Å²) in [7, 11) is 1.33. The molecule has 4 rings (SSSR count). The molecule has 2 aromatic carbocycles. The minimum absolute atomic E-state index is 0.172. The molecule has 29 heavy (non-hydrogen) atoms. The van der Waals surface area contributed by atoms with E-state index in [2.05, 4.69) is 15.6 Å². The molecule has 8 nitrogen and oxygen atoms in total. The molecular weight excluding hydrogens is 374 g/mol. The lowest BCUT2D eigenvalue weighted by Gasteiger charge is -2.09. The first-order valence-corrected chi connectivity index (χ1v) is 8.75. The number of nitrogens with one attached hydrogen (secondary N) is 2. The number of rotatable bonds is 5. The fourth-order valence-corrected chi connectivity index (χ4v) is 2.78. The van der Waals surface area contributed by atoms with Crippen LogP contribution in [0.15, 0.2) is 60.8 Å². The van der Waals surface area contributed by atoms with E-state index in [0.717, 1.165) is 0 Å². The van der Waals surface area contributed by atoms with Gasteiger partial charge in [-0.1, -0.05) is 6.07 Å². The van der Waals surface area contributed by atoms with Crippen LogP contribution in [0.4, 0.5) is 17.1 Å². The van der Waals surface area contributed by atoms with Crippen LogP contribution in [0.25, 0.3) is 0 Å². The highest BCUT2D eigenvalue weighted by atomic mass is 16.7. The molecule has 0 atom stereocenters. The molecule has 1 aliphatic rings. The lowest BCUT2D eigenvalue weighted by atomic mass is 10.2. The summed E-state index contributed by atoms with van der Waals surface area (Å²) in [6.45, 7) is 0.172.